The molecule has 1 unspecified atom stereocenters. The van der Waals surface area contributed by atoms with Gasteiger partial charge in [0.25, 0.3) is 5.91 Å². The van der Waals surface area contributed by atoms with Gasteiger partial charge in [0.05, 0.1) is 0 Å². The van der Waals surface area contributed by atoms with Crippen molar-refractivity contribution in [2.45, 2.75) is 32.2 Å². The van der Waals surface area contributed by atoms with E-state index in [1.807, 2.05) is 42.5 Å². The Hall–Kier alpha value is -2.62. The van der Waals surface area contributed by atoms with Gasteiger partial charge >= 0.3 is 0 Å². The summed E-state index contributed by atoms with van der Waals surface area (Å²) in [7, 11) is 0. The van der Waals surface area contributed by atoms with E-state index in [4.69, 9.17) is 0 Å². The Labute approximate surface area is 142 Å². The summed E-state index contributed by atoms with van der Waals surface area (Å²) in [6.07, 6.45) is 2.53. The quantitative estimate of drug-likeness (QED) is 0.936. The fourth-order valence-corrected chi connectivity index (χ4v) is 3.08. The maximum Gasteiger partial charge on any atom is 0.254 e. The van der Waals surface area contributed by atoms with Crippen LogP contribution in [0.15, 0.2) is 54.6 Å². The first-order valence-electron chi connectivity index (χ1n) is 8.45. The number of benzene rings is 2. The molecule has 1 aliphatic heterocycles. The topological polar surface area (TPSA) is 49.4 Å². The first-order valence-corrected chi connectivity index (χ1v) is 8.45. The molecule has 1 atom stereocenters. The number of hydrogen-bond acceptors (Lipinski definition) is 2. The molecule has 4 nitrogen and oxygen atoms in total. The Bertz CT molecular complexity index is 710. The molecule has 0 bridgehead atoms. The zero-order valence-electron chi connectivity index (χ0n) is 13.9. The third-order valence-corrected chi connectivity index (χ3v) is 4.47. The molecule has 2 amide bonds. The van der Waals surface area contributed by atoms with Crippen LogP contribution in [0.4, 0.5) is 5.69 Å². The molecule has 1 N–H and O–H groups in total. The van der Waals surface area contributed by atoms with Gasteiger partial charge < -0.3 is 10.2 Å². The summed E-state index contributed by atoms with van der Waals surface area (Å²) in [5.74, 6) is -0.185. The maximum absolute atomic E-state index is 12.6. The molecule has 1 heterocycles. The van der Waals surface area contributed by atoms with Crippen LogP contribution in [-0.2, 0) is 11.2 Å². The van der Waals surface area contributed by atoms with E-state index in [0.717, 1.165) is 18.5 Å². The average Bonchev–Trinajstić information content (AvgIpc) is 3.12. The zero-order chi connectivity index (χ0) is 16.9. The predicted molar refractivity (Wildman–Crippen MR) is 95.0 cm³/mol. The molecule has 1 saturated heterocycles. The summed E-state index contributed by atoms with van der Waals surface area (Å²) >= 11 is 0. The van der Waals surface area contributed by atoms with Crippen molar-refractivity contribution in [3.8, 4) is 0 Å². The standard InChI is InChI=1S/C20H22N2O2/c1-2-15-10-12-17(13-11-15)21-19(23)18-9-6-14-22(18)20(24)16-7-4-3-5-8-16/h3-5,7-8,10-13,18H,2,6,9,14H2,1H3,(H,21,23). The molecule has 0 aromatic heterocycles. The Morgan fingerprint density at radius 2 is 1.79 bits per heavy atom. The van der Waals surface area contributed by atoms with E-state index < -0.39 is 6.04 Å². The first-order chi connectivity index (χ1) is 11.7. The molecule has 0 saturated carbocycles. The Balaban J connectivity index is 1.70. The number of aryl methyl sites for hydroxylation is 1. The highest BCUT2D eigenvalue weighted by molar-refractivity contribution is 6.01. The van der Waals surface area contributed by atoms with Crippen LogP contribution in [0, 0.1) is 0 Å². The van der Waals surface area contributed by atoms with Crippen molar-refractivity contribution in [1.82, 2.24) is 4.90 Å². The van der Waals surface area contributed by atoms with Crippen molar-refractivity contribution in [1.29, 1.82) is 0 Å². The van der Waals surface area contributed by atoms with Gasteiger partial charge in [0, 0.05) is 17.8 Å². The molecule has 0 radical (unpaired) electrons. The fraction of sp³-hybridized carbons (Fsp3) is 0.300. The van der Waals surface area contributed by atoms with E-state index in [-0.39, 0.29) is 11.8 Å². The number of hydrogen-bond donors (Lipinski definition) is 1. The lowest BCUT2D eigenvalue weighted by molar-refractivity contribution is -0.119. The van der Waals surface area contributed by atoms with E-state index in [1.54, 1.807) is 17.0 Å². The minimum absolute atomic E-state index is 0.0745. The van der Waals surface area contributed by atoms with Gasteiger partial charge in [-0.3, -0.25) is 9.59 Å². The van der Waals surface area contributed by atoms with E-state index in [1.165, 1.54) is 5.56 Å². The summed E-state index contributed by atoms with van der Waals surface area (Å²) in [5, 5.41) is 2.94. The van der Waals surface area contributed by atoms with Crippen LogP contribution in [-0.4, -0.2) is 29.3 Å². The molecule has 24 heavy (non-hydrogen) atoms. The van der Waals surface area contributed by atoms with Crippen LogP contribution < -0.4 is 5.32 Å². The van der Waals surface area contributed by atoms with Crippen molar-refractivity contribution >= 4 is 17.5 Å². The molecular formula is C20H22N2O2. The minimum atomic E-state index is -0.399. The number of amides is 2. The van der Waals surface area contributed by atoms with Crippen LogP contribution >= 0.6 is 0 Å². The predicted octanol–water partition coefficient (Wildman–Crippen LogP) is 3.49. The Morgan fingerprint density at radius 3 is 2.46 bits per heavy atom. The van der Waals surface area contributed by atoms with Gasteiger partial charge in [0.2, 0.25) is 5.91 Å². The van der Waals surface area contributed by atoms with Crippen LogP contribution in [0.25, 0.3) is 0 Å². The second-order valence-corrected chi connectivity index (χ2v) is 6.06. The van der Waals surface area contributed by atoms with E-state index >= 15 is 0 Å². The number of rotatable bonds is 4. The second-order valence-electron chi connectivity index (χ2n) is 6.06. The van der Waals surface area contributed by atoms with E-state index in [2.05, 4.69) is 12.2 Å². The Kier molecular flexibility index (Phi) is 4.94. The van der Waals surface area contributed by atoms with E-state index in [9.17, 15) is 9.59 Å². The van der Waals surface area contributed by atoms with Crippen LogP contribution in [0.3, 0.4) is 0 Å². The smallest absolute Gasteiger partial charge is 0.254 e. The van der Waals surface area contributed by atoms with Gasteiger partial charge in [0.15, 0.2) is 0 Å². The summed E-state index contributed by atoms with van der Waals surface area (Å²) in [5.41, 5.74) is 2.63. The molecule has 4 heteroatoms. The lowest BCUT2D eigenvalue weighted by atomic mass is 10.1. The number of nitrogens with one attached hydrogen (secondary N) is 1. The molecule has 124 valence electrons. The molecular weight excluding hydrogens is 300 g/mol. The third kappa shape index (κ3) is 3.48. The van der Waals surface area contributed by atoms with E-state index in [0.29, 0.717) is 18.5 Å². The Morgan fingerprint density at radius 1 is 1.08 bits per heavy atom. The second kappa shape index (κ2) is 7.30. The monoisotopic (exact) mass is 322 g/mol. The fourth-order valence-electron chi connectivity index (χ4n) is 3.08. The van der Waals surface area contributed by atoms with Gasteiger partial charge in [-0.25, -0.2) is 0 Å². The number of anilines is 1. The van der Waals surface area contributed by atoms with Crippen LogP contribution in [0.2, 0.25) is 0 Å². The first kappa shape index (κ1) is 16.2. The molecule has 0 spiro atoms. The highest BCUT2D eigenvalue weighted by Gasteiger charge is 2.34. The maximum atomic E-state index is 12.6. The normalized spacial score (nSPS) is 16.9. The summed E-state index contributed by atoms with van der Waals surface area (Å²) in [6, 6.07) is 16.6. The molecule has 2 aromatic rings. The lowest BCUT2D eigenvalue weighted by Gasteiger charge is -2.24. The zero-order valence-corrected chi connectivity index (χ0v) is 13.9. The van der Waals surface area contributed by atoms with Crippen molar-refractivity contribution in [3.63, 3.8) is 0 Å². The number of nitrogens with zero attached hydrogens (tertiary/aromatic N) is 1. The summed E-state index contributed by atoms with van der Waals surface area (Å²) in [4.78, 5) is 26.9. The number of carbonyl (C=O) groups excluding carboxylic acids is 2. The van der Waals surface area contributed by atoms with Crippen molar-refractivity contribution in [2.24, 2.45) is 0 Å². The van der Waals surface area contributed by atoms with Crippen molar-refractivity contribution in [3.05, 3.63) is 65.7 Å². The molecule has 0 aliphatic carbocycles. The minimum Gasteiger partial charge on any atom is -0.327 e. The molecule has 2 aromatic carbocycles. The van der Waals surface area contributed by atoms with Gasteiger partial charge in [0.1, 0.15) is 6.04 Å². The summed E-state index contributed by atoms with van der Waals surface area (Å²) < 4.78 is 0. The van der Waals surface area contributed by atoms with Crippen LogP contribution in [0.1, 0.15) is 35.7 Å². The number of carbonyl (C=O) groups is 2. The van der Waals surface area contributed by atoms with Crippen LogP contribution in [0.5, 0.6) is 0 Å². The number of likely N-dealkylation sites (tertiary alicyclic amines) is 1. The SMILES string of the molecule is CCc1ccc(NC(=O)C2CCCN2C(=O)c2ccccc2)cc1. The highest BCUT2D eigenvalue weighted by atomic mass is 16.2. The van der Waals surface area contributed by atoms with Gasteiger partial charge in [-0.1, -0.05) is 37.3 Å². The average molecular weight is 322 g/mol. The highest BCUT2D eigenvalue weighted by Crippen LogP contribution is 2.22. The van der Waals surface area contributed by atoms with Gasteiger partial charge in [-0.15, -0.1) is 0 Å². The summed E-state index contributed by atoms with van der Waals surface area (Å²) in [6.45, 7) is 2.72. The van der Waals surface area contributed by atoms with Gasteiger partial charge in [-0.05, 0) is 49.1 Å². The van der Waals surface area contributed by atoms with Crippen molar-refractivity contribution < 1.29 is 9.59 Å². The van der Waals surface area contributed by atoms with Gasteiger partial charge in [-0.2, -0.15) is 0 Å². The van der Waals surface area contributed by atoms with Crippen molar-refractivity contribution in [2.75, 3.05) is 11.9 Å². The largest absolute Gasteiger partial charge is 0.327 e. The lowest BCUT2D eigenvalue weighted by Crippen LogP contribution is -2.43. The third-order valence-electron chi connectivity index (χ3n) is 4.47. The molecule has 1 fully saturated rings. The molecule has 3 rings (SSSR count). The molecule has 1 aliphatic rings.